The Balaban J connectivity index is 1.50. The summed E-state index contributed by atoms with van der Waals surface area (Å²) in [6, 6.07) is 30.1. The number of hydrogen-bond donors (Lipinski definition) is 0. The molecule has 0 atom stereocenters. The van der Waals surface area contributed by atoms with Crippen molar-refractivity contribution >= 4 is 22.4 Å². The van der Waals surface area contributed by atoms with Gasteiger partial charge in [-0.3, -0.25) is 9.78 Å². The highest BCUT2D eigenvalue weighted by Gasteiger charge is 2.28. The van der Waals surface area contributed by atoms with Crippen LogP contribution in [0.3, 0.4) is 0 Å². The van der Waals surface area contributed by atoms with E-state index in [0.717, 1.165) is 44.5 Å². The zero-order valence-electron chi connectivity index (χ0n) is 17.3. The number of rotatable bonds is 3. The molecule has 0 unspecified atom stereocenters. The van der Waals surface area contributed by atoms with Crippen LogP contribution in [-0.4, -0.2) is 20.7 Å². The lowest BCUT2D eigenvalue weighted by Crippen LogP contribution is -2.21. The van der Waals surface area contributed by atoms with E-state index >= 15 is 0 Å². The molecule has 6 rings (SSSR count). The number of hydrogen-bond acceptors (Lipinski definition) is 3. The van der Waals surface area contributed by atoms with Gasteiger partial charge >= 0.3 is 0 Å². The van der Waals surface area contributed by atoms with Crippen molar-refractivity contribution in [3.8, 4) is 22.4 Å². The highest BCUT2D eigenvalue weighted by Crippen LogP contribution is 2.38. The van der Waals surface area contributed by atoms with Crippen LogP contribution in [0.2, 0.25) is 0 Å². The summed E-state index contributed by atoms with van der Waals surface area (Å²) in [7, 11) is 0. The van der Waals surface area contributed by atoms with Gasteiger partial charge in [-0.1, -0.05) is 78.9 Å². The van der Waals surface area contributed by atoms with E-state index < -0.39 is 0 Å². The second kappa shape index (κ2) is 7.43. The standard InChI is InChI=1S/C28H19N3O/c32-28-23(21-13-15-24-22(18-21)12-7-17-29-24)14-16-25-26(19-8-3-1-4-9-19)27(30-31(25)28)20-10-5-2-6-11-20/h1-15,17-18H,16H2. The number of pyridine rings is 1. The second-order valence-electron chi connectivity index (χ2n) is 7.85. The minimum atomic E-state index is -0.103. The molecule has 0 bridgehead atoms. The largest absolute Gasteiger partial charge is 0.278 e. The number of fused-ring (bicyclic) bond motifs is 2. The number of carbonyl (C=O) groups is 1. The Morgan fingerprint density at radius 3 is 2.28 bits per heavy atom. The first-order chi connectivity index (χ1) is 15.8. The topological polar surface area (TPSA) is 47.8 Å². The van der Waals surface area contributed by atoms with Gasteiger partial charge < -0.3 is 0 Å². The Bertz CT molecular complexity index is 1500. The maximum Gasteiger partial charge on any atom is 0.278 e. The first kappa shape index (κ1) is 18.5. The molecule has 0 spiro atoms. The van der Waals surface area contributed by atoms with Gasteiger partial charge in [-0.2, -0.15) is 9.78 Å². The van der Waals surface area contributed by atoms with Gasteiger partial charge in [-0.15, -0.1) is 0 Å². The molecule has 0 saturated heterocycles. The van der Waals surface area contributed by atoms with Crippen LogP contribution in [0.25, 0.3) is 38.9 Å². The number of aromatic nitrogens is 3. The van der Waals surface area contributed by atoms with Crippen LogP contribution in [0.4, 0.5) is 0 Å². The lowest BCUT2D eigenvalue weighted by Gasteiger charge is -2.16. The van der Waals surface area contributed by atoms with Crippen molar-refractivity contribution in [3.05, 3.63) is 115 Å². The molecule has 3 aromatic carbocycles. The van der Waals surface area contributed by atoms with Gasteiger partial charge in [0.2, 0.25) is 0 Å². The quantitative estimate of drug-likeness (QED) is 0.362. The molecule has 0 amide bonds. The van der Waals surface area contributed by atoms with Gasteiger partial charge in [-0.05, 0) is 29.3 Å². The van der Waals surface area contributed by atoms with Crippen molar-refractivity contribution in [3.63, 3.8) is 0 Å². The highest BCUT2D eigenvalue weighted by atomic mass is 16.2. The highest BCUT2D eigenvalue weighted by molar-refractivity contribution is 6.22. The van der Waals surface area contributed by atoms with Crippen molar-refractivity contribution in [1.82, 2.24) is 14.8 Å². The fourth-order valence-electron chi connectivity index (χ4n) is 4.40. The van der Waals surface area contributed by atoms with E-state index in [1.807, 2.05) is 84.9 Å². The normalized spacial score (nSPS) is 13.1. The summed E-state index contributed by atoms with van der Waals surface area (Å²) in [4.78, 5) is 18.0. The van der Waals surface area contributed by atoms with Crippen LogP contribution in [0, 0.1) is 0 Å². The number of allylic oxidation sites excluding steroid dienone is 2. The van der Waals surface area contributed by atoms with Crippen LogP contribution in [0.1, 0.15) is 16.1 Å². The molecule has 5 aromatic rings. The van der Waals surface area contributed by atoms with E-state index in [4.69, 9.17) is 5.10 Å². The Kier molecular flexibility index (Phi) is 4.29. The van der Waals surface area contributed by atoms with Gasteiger partial charge in [0.15, 0.2) is 0 Å². The summed E-state index contributed by atoms with van der Waals surface area (Å²) in [5.41, 5.74) is 7.31. The van der Waals surface area contributed by atoms with E-state index in [0.29, 0.717) is 12.0 Å². The van der Waals surface area contributed by atoms with E-state index in [1.165, 1.54) is 0 Å². The molecular formula is C28H19N3O. The summed E-state index contributed by atoms with van der Waals surface area (Å²) < 4.78 is 1.59. The molecule has 32 heavy (non-hydrogen) atoms. The fraction of sp³-hybridized carbons (Fsp3) is 0.0357. The lowest BCUT2D eigenvalue weighted by molar-refractivity contribution is 0.0959. The average Bonchev–Trinajstić information content (AvgIpc) is 3.26. The van der Waals surface area contributed by atoms with Crippen LogP contribution in [0.5, 0.6) is 0 Å². The first-order valence-corrected chi connectivity index (χ1v) is 10.6. The molecule has 0 fully saturated rings. The molecule has 4 nitrogen and oxygen atoms in total. The Morgan fingerprint density at radius 2 is 1.50 bits per heavy atom. The van der Waals surface area contributed by atoms with E-state index in [2.05, 4.69) is 17.1 Å². The first-order valence-electron chi connectivity index (χ1n) is 10.6. The van der Waals surface area contributed by atoms with Crippen LogP contribution in [0.15, 0.2) is 103 Å². The smallest absolute Gasteiger partial charge is 0.267 e. The summed E-state index contributed by atoms with van der Waals surface area (Å²) in [6.45, 7) is 0. The minimum Gasteiger partial charge on any atom is -0.267 e. The van der Waals surface area contributed by atoms with Crippen LogP contribution >= 0.6 is 0 Å². The number of carbonyl (C=O) groups excluding carboxylic acids is 1. The zero-order chi connectivity index (χ0) is 21.5. The molecule has 4 heteroatoms. The zero-order valence-corrected chi connectivity index (χ0v) is 17.3. The van der Waals surface area contributed by atoms with E-state index in [9.17, 15) is 4.79 Å². The van der Waals surface area contributed by atoms with Gasteiger partial charge in [0.05, 0.1) is 11.2 Å². The molecule has 2 aromatic heterocycles. The Morgan fingerprint density at radius 1 is 0.750 bits per heavy atom. The summed E-state index contributed by atoms with van der Waals surface area (Å²) in [6.07, 6.45) is 4.44. The van der Waals surface area contributed by atoms with E-state index in [-0.39, 0.29) is 5.91 Å². The van der Waals surface area contributed by atoms with E-state index in [1.54, 1.807) is 10.9 Å². The lowest BCUT2D eigenvalue weighted by atomic mass is 9.94. The Hall–Kier alpha value is -4.31. The monoisotopic (exact) mass is 413 g/mol. The van der Waals surface area contributed by atoms with Crippen LogP contribution < -0.4 is 0 Å². The second-order valence-corrected chi connectivity index (χ2v) is 7.85. The average molecular weight is 413 g/mol. The molecule has 1 aliphatic rings. The van der Waals surface area contributed by atoms with Crippen LogP contribution in [-0.2, 0) is 6.42 Å². The molecule has 152 valence electrons. The molecule has 0 saturated carbocycles. The van der Waals surface area contributed by atoms with Crippen molar-refractivity contribution in [2.24, 2.45) is 0 Å². The maximum absolute atomic E-state index is 13.6. The number of benzene rings is 3. The van der Waals surface area contributed by atoms with Crippen molar-refractivity contribution < 1.29 is 4.79 Å². The summed E-state index contributed by atoms with van der Waals surface area (Å²) in [5, 5.41) is 5.84. The molecule has 3 heterocycles. The van der Waals surface area contributed by atoms with Crippen molar-refractivity contribution in [1.29, 1.82) is 0 Å². The molecule has 0 N–H and O–H groups in total. The third kappa shape index (κ3) is 2.96. The number of nitrogens with zero attached hydrogens (tertiary/aromatic N) is 3. The van der Waals surface area contributed by atoms with Crippen molar-refractivity contribution in [2.45, 2.75) is 6.42 Å². The van der Waals surface area contributed by atoms with Gasteiger partial charge in [0, 0.05) is 34.7 Å². The fourth-order valence-corrected chi connectivity index (χ4v) is 4.40. The van der Waals surface area contributed by atoms with Gasteiger partial charge in [0.25, 0.3) is 5.91 Å². The third-order valence-corrected chi connectivity index (χ3v) is 5.93. The SMILES string of the molecule is O=C1C(c2ccc3ncccc3c2)=CCc2c(-c3ccccc3)c(-c3ccccc3)nn21. The predicted octanol–water partition coefficient (Wildman–Crippen LogP) is 6.05. The summed E-state index contributed by atoms with van der Waals surface area (Å²) in [5.74, 6) is -0.103. The minimum absolute atomic E-state index is 0.103. The predicted molar refractivity (Wildman–Crippen MR) is 127 cm³/mol. The maximum atomic E-state index is 13.6. The molecule has 0 radical (unpaired) electrons. The molecule has 0 aliphatic carbocycles. The Labute approximate surface area is 185 Å². The summed E-state index contributed by atoms with van der Waals surface area (Å²) >= 11 is 0. The molecule has 1 aliphatic heterocycles. The van der Waals surface area contributed by atoms with Gasteiger partial charge in [-0.25, -0.2) is 0 Å². The van der Waals surface area contributed by atoms with Gasteiger partial charge in [0.1, 0.15) is 5.69 Å². The third-order valence-electron chi connectivity index (χ3n) is 5.93. The molecular weight excluding hydrogens is 394 g/mol. The van der Waals surface area contributed by atoms with Crippen molar-refractivity contribution in [2.75, 3.05) is 0 Å².